The zero-order chi connectivity index (χ0) is 5.45. The van der Waals surface area contributed by atoms with Crippen molar-refractivity contribution in [3.8, 4) is 0 Å². The van der Waals surface area contributed by atoms with Crippen LogP contribution < -0.4 is 0 Å². The molecule has 0 aliphatic rings. The van der Waals surface area contributed by atoms with Crippen molar-refractivity contribution in [2.24, 2.45) is 0 Å². The van der Waals surface area contributed by atoms with Crippen molar-refractivity contribution in [3.63, 3.8) is 0 Å². The van der Waals surface area contributed by atoms with Gasteiger partial charge in [0.2, 0.25) is 0 Å². The van der Waals surface area contributed by atoms with Gasteiger partial charge in [0.1, 0.15) is 0 Å². The number of hydrogen-bond donors (Lipinski definition) is 0. The third-order valence-electron chi connectivity index (χ3n) is 0. The predicted octanol–water partition coefficient (Wildman–Crippen LogP) is 1.39. The Balaban J connectivity index is 0. The summed E-state index contributed by atoms with van der Waals surface area (Å²) in [6, 6.07) is 0. The van der Waals surface area contributed by atoms with Crippen LogP contribution >= 0.6 is 17.2 Å². The predicted molar refractivity (Wildman–Crippen MR) is 40.1 cm³/mol. The average molecular weight is 145 g/mol. The maximum absolute atomic E-state index is 5.92. The Morgan fingerprint density at radius 1 is 1.00 bits per heavy atom. The first-order chi connectivity index (χ1) is 2.24. The molecule has 0 atom stereocenters. The monoisotopic (exact) mass is 144 g/mol. The quantitative estimate of drug-likeness (QED) is 0.460. The average Bonchev–Trinajstić information content (AvgIpc) is 0.650. The van der Waals surface area contributed by atoms with Gasteiger partial charge in [-0.05, 0) is 0 Å². The fraction of sp³-hybridized carbons (Fsp3) is 1.00. The molecule has 0 aromatic rings. The third-order valence-corrected chi connectivity index (χ3v) is 0. The van der Waals surface area contributed by atoms with Gasteiger partial charge in [-0.2, -0.15) is 0 Å². The molecule has 0 saturated heterocycles. The summed E-state index contributed by atoms with van der Waals surface area (Å²) >= 11 is 5.92. The van der Waals surface area contributed by atoms with E-state index in [1.807, 2.05) is 0 Å². The second-order valence-electron chi connectivity index (χ2n) is 3.36. The molecule has 7 heavy (non-hydrogen) atoms. The van der Waals surface area contributed by atoms with Gasteiger partial charge >= 0.3 is 43.9 Å². The van der Waals surface area contributed by atoms with E-state index in [4.69, 9.17) is 11.2 Å². The summed E-state index contributed by atoms with van der Waals surface area (Å²) in [4.78, 5) is 0. The maximum Gasteiger partial charge on any atom is -0.412 e. The number of hydrogen-bond acceptors (Lipinski definition) is 0. The molecule has 48 valence electrons. The Kier molecular flexibility index (Phi) is 2.87. The van der Waals surface area contributed by atoms with Gasteiger partial charge in [-0.3, -0.25) is 0 Å². The van der Waals surface area contributed by atoms with Crippen LogP contribution in [0, 0.1) is 0 Å². The SMILES string of the molecule is CP(C)(C)(C)Cl.O. The summed E-state index contributed by atoms with van der Waals surface area (Å²) in [5, 5.41) is 0. The van der Waals surface area contributed by atoms with Crippen molar-refractivity contribution >= 4 is 17.2 Å². The molecule has 1 nitrogen and oxygen atoms in total. The van der Waals surface area contributed by atoms with E-state index in [1.54, 1.807) is 0 Å². The summed E-state index contributed by atoms with van der Waals surface area (Å²) < 4.78 is 0. The minimum atomic E-state index is -1.58. The van der Waals surface area contributed by atoms with Crippen LogP contribution in [0.5, 0.6) is 0 Å². The molecule has 0 aliphatic carbocycles. The van der Waals surface area contributed by atoms with Gasteiger partial charge in [0, 0.05) is 0 Å². The Morgan fingerprint density at radius 3 is 1.00 bits per heavy atom. The summed E-state index contributed by atoms with van der Waals surface area (Å²) in [7, 11) is 0. The summed E-state index contributed by atoms with van der Waals surface area (Å²) in [5.74, 6) is -1.58. The van der Waals surface area contributed by atoms with Gasteiger partial charge in [-0.25, -0.2) is 0 Å². The van der Waals surface area contributed by atoms with E-state index >= 15 is 0 Å². The van der Waals surface area contributed by atoms with Crippen molar-refractivity contribution < 1.29 is 5.48 Å². The Morgan fingerprint density at radius 2 is 1.00 bits per heavy atom. The summed E-state index contributed by atoms with van der Waals surface area (Å²) in [5.41, 5.74) is 0. The standard InChI is InChI=1S/C4H12ClP.H2O/c1-6(2,3,4)5;/h1-4H3;1H2. The first-order valence-corrected chi connectivity index (χ1v) is 6.89. The smallest absolute Gasteiger partial charge is 0.412 e. The van der Waals surface area contributed by atoms with E-state index in [1.165, 1.54) is 0 Å². The fourth-order valence-corrected chi connectivity index (χ4v) is 0. The largest absolute Gasteiger partial charge is 0.412 e. The second-order valence-corrected chi connectivity index (χ2v) is 14.1. The van der Waals surface area contributed by atoms with Crippen LogP contribution in [-0.4, -0.2) is 32.1 Å². The van der Waals surface area contributed by atoms with Crippen LogP contribution in [0.25, 0.3) is 0 Å². The van der Waals surface area contributed by atoms with Crippen LogP contribution in [0.15, 0.2) is 0 Å². The van der Waals surface area contributed by atoms with Gasteiger partial charge in [0.15, 0.2) is 0 Å². The topological polar surface area (TPSA) is 31.5 Å². The van der Waals surface area contributed by atoms with Crippen LogP contribution in [-0.2, 0) is 0 Å². The molecule has 0 unspecified atom stereocenters. The molecule has 0 amide bonds. The van der Waals surface area contributed by atoms with E-state index in [2.05, 4.69) is 26.7 Å². The molecule has 0 rings (SSSR count). The Bertz CT molecular complexity index is 44.9. The van der Waals surface area contributed by atoms with Crippen LogP contribution in [0.4, 0.5) is 0 Å². The second kappa shape index (κ2) is 1.89. The molecule has 0 bridgehead atoms. The van der Waals surface area contributed by atoms with Gasteiger partial charge in [-0.1, -0.05) is 0 Å². The van der Waals surface area contributed by atoms with Crippen molar-refractivity contribution in [2.45, 2.75) is 0 Å². The molecule has 3 heteroatoms. The molecule has 0 aromatic heterocycles. The zero-order valence-corrected chi connectivity index (χ0v) is 6.98. The van der Waals surface area contributed by atoms with Crippen molar-refractivity contribution in [2.75, 3.05) is 26.7 Å². The van der Waals surface area contributed by atoms with Crippen LogP contribution in [0.3, 0.4) is 0 Å². The molecule has 0 saturated carbocycles. The minimum absolute atomic E-state index is 0. The summed E-state index contributed by atoms with van der Waals surface area (Å²) in [6.07, 6.45) is 0. The first-order valence-electron chi connectivity index (χ1n) is 1.96. The van der Waals surface area contributed by atoms with E-state index in [-0.39, 0.29) is 5.48 Å². The molecule has 0 heterocycles. The normalized spacial score (nSPS) is 16.4. The van der Waals surface area contributed by atoms with Gasteiger partial charge in [0.25, 0.3) is 0 Å². The van der Waals surface area contributed by atoms with Crippen molar-refractivity contribution in [3.05, 3.63) is 0 Å². The molecule has 2 N–H and O–H groups in total. The molecule has 0 aliphatic heterocycles. The van der Waals surface area contributed by atoms with Gasteiger partial charge in [0.05, 0.1) is 0 Å². The van der Waals surface area contributed by atoms with Crippen molar-refractivity contribution in [1.82, 2.24) is 0 Å². The van der Waals surface area contributed by atoms with E-state index < -0.39 is 5.96 Å². The van der Waals surface area contributed by atoms with E-state index in [0.717, 1.165) is 0 Å². The zero-order valence-electron chi connectivity index (χ0n) is 5.33. The van der Waals surface area contributed by atoms with Crippen LogP contribution in [0.2, 0.25) is 0 Å². The Labute approximate surface area is 50.1 Å². The molecule has 0 spiro atoms. The third kappa shape index (κ3) is 316. The fourth-order valence-electron chi connectivity index (χ4n) is 0. The number of halogens is 1. The van der Waals surface area contributed by atoms with Crippen LogP contribution in [0.1, 0.15) is 0 Å². The maximum atomic E-state index is 5.92. The molecular formula is C4H14ClOP. The van der Waals surface area contributed by atoms with E-state index in [9.17, 15) is 0 Å². The molecule has 0 fully saturated rings. The minimum Gasteiger partial charge on any atom is -0.412 e. The molecule has 0 aromatic carbocycles. The molecular weight excluding hydrogens is 130 g/mol. The van der Waals surface area contributed by atoms with Gasteiger partial charge < -0.3 is 5.48 Å². The number of rotatable bonds is 0. The Hall–Kier alpha value is 0.680. The summed E-state index contributed by atoms with van der Waals surface area (Å²) in [6.45, 7) is 8.42. The van der Waals surface area contributed by atoms with Gasteiger partial charge in [-0.15, -0.1) is 0 Å². The first kappa shape index (κ1) is 10.6. The molecule has 0 radical (unpaired) electrons. The van der Waals surface area contributed by atoms with E-state index in [0.29, 0.717) is 0 Å². The van der Waals surface area contributed by atoms with Crippen molar-refractivity contribution in [1.29, 1.82) is 0 Å².